The number of β-amino-alcohol motifs (C(OH)–C–C–N with tert-alkyl or cyclic N) is 1. The first-order valence-corrected chi connectivity index (χ1v) is 4.66. The molecule has 0 aromatic rings. The van der Waals surface area contributed by atoms with Crippen molar-refractivity contribution >= 4 is 6.09 Å². The molecule has 0 aliphatic carbocycles. The van der Waals surface area contributed by atoms with Crippen LogP contribution in [0.2, 0.25) is 0 Å². The zero-order chi connectivity index (χ0) is 10.0. The summed E-state index contributed by atoms with van der Waals surface area (Å²) in [5.41, 5.74) is 0. The van der Waals surface area contributed by atoms with Crippen molar-refractivity contribution in [3.8, 4) is 0 Å². The largest absolute Gasteiger partial charge is 0.465 e. The summed E-state index contributed by atoms with van der Waals surface area (Å²) in [6.07, 6.45) is -0.505. The fraction of sp³-hybridized carbons (Fsp3) is 0.889. The van der Waals surface area contributed by atoms with E-state index in [0.29, 0.717) is 12.5 Å². The summed E-state index contributed by atoms with van der Waals surface area (Å²) in [5, 5.41) is 18.2. The summed E-state index contributed by atoms with van der Waals surface area (Å²) in [4.78, 5) is 11.9. The molecule has 2 N–H and O–H groups in total. The normalized spacial score (nSPS) is 28.5. The molecule has 1 amide bonds. The van der Waals surface area contributed by atoms with E-state index in [4.69, 9.17) is 5.11 Å². The van der Waals surface area contributed by atoms with Gasteiger partial charge in [0.2, 0.25) is 0 Å². The lowest BCUT2D eigenvalue weighted by atomic mass is 9.95. The highest BCUT2D eigenvalue weighted by molar-refractivity contribution is 5.65. The minimum Gasteiger partial charge on any atom is -0.465 e. The maximum atomic E-state index is 10.6. The van der Waals surface area contributed by atoms with Crippen LogP contribution in [-0.4, -0.2) is 40.4 Å². The molecule has 2 atom stereocenters. The van der Waals surface area contributed by atoms with Gasteiger partial charge in [0.15, 0.2) is 0 Å². The van der Waals surface area contributed by atoms with Gasteiger partial charge in [-0.1, -0.05) is 13.8 Å². The van der Waals surface area contributed by atoms with E-state index in [0.717, 1.165) is 6.42 Å². The van der Waals surface area contributed by atoms with Gasteiger partial charge in [-0.05, 0) is 12.3 Å². The lowest BCUT2D eigenvalue weighted by molar-refractivity contribution is 0.126. The van der Waals surface area contributed by atoms with E-state index in [9.17, 15) is 9.90 Å². The van der Waals surface area contributed by atoms with Gasteiger partial charge in [0, 0.05) is 12.5 Å². The summed E-state index contributed by atoms with van der Waals surface area (Å²) in [6.45, 7) is 4.91. The molecule has 0 aromatic carbocycles. The van der Waals surface area contributed by atoms with Crippen molar-refractivity contribution < 1.29 is 15.0 Å². The van der Waals surface area contributed by atoms with Crippen LogP contribution in [0.15, 0.2) is 0 Å². The van der Waals surface area contributed by atoms with Gasteiger partial charge >= 0.3 is 6.09 Å². The van der Waals surface area contributed by atoms with Crippen molar-refractivity contribution in [3.05, 3.63) is 0 Å². The van der Waals surface area contributed by atoms with E-state index in [2.05, 4.69) is 13.8 Å². The van der Waals surface area contributed by atoms with Crippen molar-refractivity contribution in [3.63, 3.8) is 0 Å². The summed E-state index contributed by atoms with van der Waals surface area (Å²) < 4.78 is 0. The number of amides is 1. The Hall–Kier alpha value is -0.770. The maximum absolute atomic E-state index is 10.6. The molecule has 1 saturated heterocycles. The standard InChI is InChI=1S/C9H17NO3/c1-6(2)3-7-4-10(9(12)13)5-8(7)11/h6-8,11H,3-5H2,1-2H3,(H,12,13). The van der Waals surface area contributed by atoms with Crippen LogP contribution in [0.25, 0.3) is 0 Å². The molecule has 1 rings (SSSR count). The Morgan fingerprint density at radius 1 is 1.54 bits per heavy atom. The smallest absolute Gasteiger partial charge is 0.407 e. The van der Waals surface area contributed by atoms with Crippen LogP contribution < -0.4 is 0 Å². The Labute approximate surface area is 78.2 Å². The third-order valence-corrected chi connectivity index (χ3v) is 2.45. The van der Waals surface area contributed by atoms with Gasteiger partial charge in [0.1, 0.15) is 0 Å². The third-order valence-electron chi connectivity index (χ3n) is 2.45. The van der Waals surface area contributed by atoms with Gasteiger partial charge in [-0.15, -0.1) is 0 Å². The zero-order valence-electron chi connectivity index (χ0n) is 8.10. The maximum Gasteiger partial charge on any atom is 0.407 e. The summed E-state index contributed by atoms with van der Waals surface area (Å²) >= 11 is 0. The zero-order valence-corrected chi connectivity index (χ0v) is 8.10. The molecule has 0 aromatic heterocycles. The highest BCUT2D eigenvalue weighted by Gasteiger charge is 2.33. The quantitative estimate of drug-likeness (QED) is 0.678. The molecule has 0 radical (unpaired) electrons. The highest BCUT2D eigenvalue weighted by atomic mass is 16.4. The Morgan fingerprint density at radius 3 is 2.54 bits per heavy atom. The number of hydrogen-bond donors (Lipinski definition) is 2. The third kappa shape index (κ3) is 2.59. The van der Waals surface area contributed by atoms with Gasteiger partial charge in [-0.25, -0.2) is 4.79 Å². The lowest BCUT2D eigenvalue weighted by Crippen LogP contribution is -2.27. The summed E-state index contributed by atoms with van der Waals surface area (Å²) in [6, 6.07) is 0. The molecule has 0 spiro atoms. The van der Waals surface area contributed by atoms with Crippen molar-refractivity contribution in [2.45, 2.75) is 26.4 Å². The Kier molecular flexibility index (Phi) is 3.14. The van der Waals surface area contributed by atoms with Crippen LogP contribution in [-0.2, 0) is 0 Å². The fourth-order valence-corrected chi connectivity index (χ4v) is 1.85. The average Bonchev–Trinajstić information content (AvgIpc) is 2.31. The second kappa shape index (κ2) is 3.96. The molecule has 1 aliphatic rings. The minimum absolute atomic E-state index is 0.121. The van der Waals surface area contributed by atoms with E-state index < -0.39 is 12.2 Å². The van der Waals surface area contributed by atoms with Crippen LogP contribution in [0, 0.1) is 11.8 Å². The average molecular weight is 187 g/mol. The molecule has 13 heavy (non-hydrogen) atoms. The first-order valence-electron chi connectivity index (χ1n) is 4.66. The van der Waals surface area contributed by atoms with Crippen molar-refractivity contribution in [2.75, 3.05) is 13.1 Å². The Morgan fingerprint density at radius 2 is 2.15 bits per heavy atom. The molecule has 2 unspecified atom stereocenters. The number of rotatable bonds is 2. The van der Waals surface area contributed by atoms with E-state index in [1.165, 1.54) is 4.90 Å². The second-order valence-electron chi connectivity index (χ2n) is 4.14. The SMILES string of the molecule is CC(C)CC1CN(C(=O)O)CC1O. The number of likely N-dealkylation sites (tertiary alicyclic amines) is 1. The number of carboxylic acid groups (broad SMARTS) is 1. The Bertz CT molecular complexity index is 193. The highest BCUT2D eigenvalue weighted by Crippen LogP contribution is 2.23. The monoisotopic (exact) mass is 187 g/mol. The minimum atomic E-state index is -0.926. The number of hydrogen-bond acceptors (Lipinski definition) is 2. The summed E-state index contributed by atoms with van der Waals surface area (Å²) in [7, 11) is 0. The number of nitrogens with zero attached hydrogens (tertiary/aromatic N) is 1. The van der Waals surface area contributed by atoms with Gasteiger partial charge in [0.05, 0.1) is 12.6 Å². The van der Waals surface area contributed by atoms with Gasteiger partial charge in [0.25, 0.3) is 0 Å². The lowest BCUT2D eigenvalue weighted by Gasteiger charge is -2.14. The van der Waals surface area contributed by atoms with E-state index in [1.54, 1.807) is 0 Å². The van der Waals surface area contributed by atoms with Crippen LogP contribution in [0.1, 0.15) is 20.3 Å². The summed E-state index contributed by atoms with van der Waals surface area (Å²) in [5.74, 6) is 0.629. The van der Waals surface area contributed by atoms with Crippen LogP contribution in [0.3, 0.4) is 0 Å². The Balaban J connectivity index is 2.46. The number of carbonyl (C=O) groups is 1. The first kappa shape index (κ1) is 10.3. The van der Waals surface area contributed by atoms with E-state index in [1.807, 2.05) is 0 Å². The molecule has 1 aliphatic heterocycles. The van der Waals surface area contributed by atoms with Gasteiger partial charge < -0.3 is 15.1 Å². The second-order valence-corrected chi connectivity index (χ2v) is 4.14. The van der Waals surface area contributed by atoms with Crippen LogP contribution in [0.5, 0.6) is 0 Å². The molecular weight excluding hydrogens is 170 g/mol. The van der Waals surface area contributed by atoms with Crippen LogP contribution in [0.4, 0.5) is 4.79 Å². The van der Waals surface area contributed by atoms with E-state index in [-0.39, 0.29) is 12.5 Å². The molecule has 0 saturated carbocycles. The van der Waals surface area contributed by atoms with Crippen molar-refractivity contribution in [1.82, 2.24) is 4.90 Å². The first-order chi connectivity index (χ1) is 6.00. The van der Waals surface area contributed by atoms with Gasteiger partial charge in [-0.2, -0.15) is 0 Å². The van der Waals surface area contributed by atoms with Gasteiger partial charge in [-0.3, -0.25) is 0 Å². The molecular formula is C9H17NO3. The topological polar surface area (TPSA) is 60.8 Å². The van der Waals surface area contributed by atoms with Crippen LogP contribution >= 0.6 is 0 Å². The molecule has 76 valence electrons. The number of aliphatic hydroxyl groups is 1. The fourth-order valence-electron chi connectivity index (χ4n) is 1.85. The molecule has 1 heterocycles. The molecule has 4 nitrogen and oxygen atoms in total. The molecule has 1 fully saturated rings. The number of aliphatic hydroxyl groups excluding tert-OH is 1. The predicted octanol–water partition coefficient (Wildman–Crippen LogP) is 1.00. The van der Waals surface area contributed by atoms with Crippen molar-refractivity contribution in [2.24, 2.45) is 11.8 Å². The molecule has 4 heteroatoms. The van der Waals surface area contributed by atoms with Crippen molar-refractivity contribution in [1.29, 1.82) is 0 Å². The molecule has 0 bridgehead atoms. The predicted molar refractivity (Wildman–Crippen MR) is 48.5 cm³/mol. The van der Waals surface area contributed by atoms with E-state index >= 15 is 0 Å².